The quantitative estimate of drug-likeness (QED) is 0.231. The predicted octanol–water partition coefficient (Wildman–Crippen LogP) is 5.66. The molecule has 2 aromatic carbocycles. The summed E-state index contributed by atoms with van der Waals surface area (Å²) >= 11 is 0.698. The average Bonchev–Trinajstić information content (AvgIpc) is 3.70. The summed E-state index contributed by atoms with van der Waals surface area (Å²) in [7, 11) is 1.65. The number of amides is 2. The van der Waals surface area contributed by atoms with Gasteiger partial charge in [-0.05, 0) is 54.7 Å². The largest absolute Gasteiger partial charge is 0.481 e. The van der Waals surface area contributed by atoms with Crippen molar-refractivity contribution < 1.29 is 33.0 Å². The minimum absolute atomic E-state index is 0.0608. The summed E-state index contributed by atoms with van der Waals surface area (Å²) in [5, 5.41) is 9.05. The van der Waals surface area contributed by atoms with Gasteiger partial charge in [0.2, 0.25) is 23.8 Å². The highest BCUT2D eigenvalue weighted by atomic mass is 32.1. The van der Waals surface area contributed by atoms with E-state index in [1.807, 2.05) is 36.4 Å². The van der Waals surface area contributed by atoms with Crippen molar-refractivity contribution in [3.63, 3.8) is 0 Å². The number of hydrogen-bond acceptors (Lipinski definition) is 7. The van der Waals surface area contributed by atoms with Gasteiger partial charge in [-0.3, -0.25) is 24.2 Å². The maximum absolute atomic E-state index is 15.8. The third-order valence-corrected chi connectivity index (χ3v) is 8.62. The molecular formula is C32H28F2N4O5S. The Balaban J connectivity index is 1.39. The van der Waals surface area contributed by atoms with E-state index in [9.17, 15) is 23.9 Å². The van der Waals surface area contributed by atoms with Crippen molar-refractivity contribution in [2.45, 2.75) is 38.1 Å². The number of hydrogen-bond donors (Lipinski definition) is 1. The molecule has 0 bridgehead atoms. The van der Waals surface area contributed by atoms with Crippen molar-refractivity contribution in [2.24, 2.45) is 5.92 Å². The maximum atomic E-state index is 15.8. The highest BCUT2D eigenvalue weighted by Gasteiger charge is 2.40. The van der Waals surface area contributed by atoms with Gasteiger partial charge in [-0.1, -0.05) is 41.7 Å². The van der Waals surface area contributed by atoms with E-state index >= 15 is 4.39 Å². The fraction of sp³-hybridized carbons (Fsp3) is 0.281. The van der Waals surface area contributed by atoms with E-state index in [1.165, 1.54) is 15.9 Å². The van der Waals surface area contributed by atoms with E-state index in [4.69, 9.17) is 4.74 Å². The number of alkyl halides is 1. The van der Waals surface area contributed by atoms with Crippen LogP contribution in [0.1, 0.15) is 30.4 Å². The molecule has 6 rings (SSSR count). The van der Waals surface area contributed by atoms with E-state index in [0.29, 0.717) is 46.7 Å². The molecule has 12 heteroatoms. The number of carbonyl (C=O) groups excluding carboxylic acids is 2. The summed E-state index contributed by atoms with van der Waals surface area (Å²) < 4.78 is 34.0. The van der Waals surface area contributed by atoms with Crippen LogP contribution >= 0.6 is 11.3 Å². The van der Waals surface area contributed by atoms with Crippen LogP contribution in [-0.4, -0.2) is 52.8 Å². The van der Waals surface area contributed by atoms with Crippen LogP contribution < -0.4 is 14.5 Å². The van der Waals surface area contributed by atoms with Crippen molar-refractivity contribution in [3.05, 3.63) is 77.1 Å². The number of thiazole rings is 1. The van der Waals surface area contributed by atoms with E-state index in [2.05, 4.69) is 9.97 Å². The number of carboxylic acids is 1. The lowest BCUT2D eigenvalue weighted by atomic mass is 9.94. The van der Waals surface area contributed by atoms with Crippen molar-refractivity contribution in [1.29, 1.82) is 0 Å². The topological polar surface area (TPSA) is 113 Å². The van der Waals surface area contributed by atoms with Crippen LogP contribution in [0.5, 0.6) is 5.75 Å². The molecule has 0 spiro atoms. The second-order valence-electron chi connectivity index (χ2n) is 10.8. The lowest BCUT2D eigenvalue weighted by Crippen LogP contribution is -2.39. The normalized spacial score (nSPS) is 14.8. The predicted molar refractivity (Wildman–Crippen MR) is 161 cm³/mol. The second kappa shape index (κ2) is 12.1. The van der Waals surface area contributed by atoms with E-state index in [1.54, 1.807) is 25.4 Å². The Bertz CT molecular complexity index is 1740. The van der Waals surface area contributed by atoms with Gasteiger partial charge < -0.3 is 9.84 Å². The first kappa shape index (κ1) is 29.4. The first-order valence-corrected chi connectivity index (χ1v) is 14.9. The zero-order valence-electron chi connectivity index (χ0n) is 23.7. The number of aromatic nitrogens is 2. The molecule has 2 aliphatic rings. The van der Waals surface area contributed by atoms with Crippen LogP contribution in [0.4, 0.5) is 19.7 Å². The monoisotopic (exact) mass is 618 g/mol. The molecule has 0 saturated heterocycles. The third kappa shape index (κ3) is 5.89. The molecule has 44 heavy (non-hydrogen) atoms. The molecule has 1 aliphatic heterocycles. The number of fused-ring (bicyclic) bond motifs is 1. The highest BCUT2D eigenvalue weighted by molar-refractivity contribution is 7.14. The molecule has 1 unspecified atom stereocenters. The minimum Gasteiger partial charge on any atom is -0.481 e. The minimum atomic E-state index is -1.11. The van der Waals surface area contributed by atoms with Gasteiger partial charge in [0.25, 0.3) is 0 Å². The Morgan fingerprint density at radius 2 is 1.93 bits per heavy atom. The Kier molecular flexibility index (Phi) is 8.09. The van der Waals surface area contributed by atoms with E-state index < -0.39 is 29.8 Å². The number of likely N-dealkylation sites (N-methyl/N-ethyl adjacent to an activating group) is 1. The number of carboxylic acid groups (broad SMARTS) is 1. The maximum Gasteiger partial charge on any atom is 0.304 e. The van der Waals surface area contributed by atoms with Gasteiger partial charge in [-0.2, -0.15) is 4.39 Å². The Hall–Kier alpha value is -4.71. The molecule has 3 heterocycles. The molecule has 1 atom stereocenters. The third-order valence-electron chi connectivity index (χ3n) is 7.78. The number of nitrogens with zero attached hydrogens (tertiary/aromatic N) is 4. The number of benzene rings is 2. The molecule has 226 valence electrons. The first-order chi connectivity index (χ1) is 21.2. The molecule has 1 N–H and O–H groups in total. The number of aliphatic carboxylic acids is 1. The van der Waals surface area contributed by atoms with Crippen LogP contribution in [-0.2, 0) is 27.2 Å². The zero-order chi connectivity index (χ0) is 31.0. The summed E-state index contributed by atoms with van der Waals surface area (Å²) in [5.41, 5.74) is 2.90. The fourth-order valence-electron chi connectivity index (χ4n) is 5.48. The standard InChI is InChI=1S/C32H28F2N4O5S/c1-37-26(39)13-19-12-21(16-35-30(19)37)24-10-9-23(43-17-33)15-25(24)28-29(34)44-32(36-28)38(22-7-8-22)31(42)20(14-27(40)41)11-18-5-3-2-4-6-18/h2-6,9-10,12,15-16,20,22H,7-8,11,13-14,17H2,1H3,(H,40,41). The number of pyridine rings is 1. The lowest BCUT2D eigenvalue weighted by molar-refractivity contribution is -0.140. The van der Waals surface area contributed by atoms with Crippen molar-refractivity contribution in [1.82, 2.24) is 9.97 Å². The Labute approximate surface area is 255 Å². The molecule has 0 radical (unpaired) electrons. The summed E-state index contributed by atoms with van der Waals surface area (Å²) in [6, 6.07) is 15.4. The molecule has 2 aromatic heterocycles. The van der Waals surface area contributed by atoms with Gasteiger partial charge >= 0.3 is 5.97 Å². The number of ether oxygens (including phenoxy) is 1. The molecule has 4 aromatic rings. The van der Waals surface area contributed by atoms with Gasteiger partial charge in [-0.25, -0.2) is 14.4 Å². The van der Waals surface area contributed by atoms with Crippen molar-refractivity contribution >= 4 is 40.1 Å². The van der Waals surface area contributed by atoms with Crippen molar-refractivity contribution in [2.75, 3.05) is 23.7 Å². The average molecular weight is 619 g/mol. The fourth-order valence-corrected chi connectivity index (χ4v) is 6.37. The number of halogens is 2. The highest BCUT2D eigenvalue weighted by Crippen LogP contribution is 2.43. The molecule has 1 fully saturated rings. The molecule has 2 amide bonds. The molecule has 1 aliphatic carbocycles. The van der Waals surface area contributed by atoms with Gasteiger partial charge in [0.15, 0.2) is 5.13 Å². The molecular weight excluding hydrogens is 590 g/mol. The lowest BCUT2D eigenvalue weighted by Gasteiger charge is -2.24. The SMILES string of the molecule is CN1C(=O)Cc2cc(-c3ccc(OCF)cc3-c3nc(N(C(=O)C(CC(=O)O)Cc4ccccc4)C4CC4)sc3F)cnc21. The van der Waals surface area contributed by atoms with Crippen LogP contribution in [0, 0.1) is 11.0 Å². The van der Waals surface area contributed by atoms with Crippen LogP contribution in [0.3, 0.4) is 0 Å². The number of anilines is 2. The van der Waals surface area contributed by atoms with Gasteiger partial charge in [-0.15, -0.1) is 0 Å². The van der Waals surface area contributed by atoms with Gasteiger partial charge in [0.05, 0.1) is 18.8 Å². The summed E-state index contributed by atoms with van der Waals surface area (Å²) in [6.45, 7) is -1.09. The smallest absolute Gasteiger partial charge is 0.304 e. The van der Waals surface area contributed by atoms with Crippen molar-refractivity contribution in [3.8, 4) is 28.1 Å². The van der Waals surface area contributed by atoms with Crippen LogP contribution in [0.2, 0.25) is 0 Å². The molecule has 1 saturated carbocycles. The Morgan fingerprint density at radius 1 is 1.16 bits per heavy atom. The summed E-state index contributed by atoms with van der Waals surface area (Å²) in [4.78, 5) is 49.8. The van der Waals surface area contributed by atoms with Gasteiger partial charge in [0.1, 0.15) is 17.3 Å². The summed E-state index contributed by atoms with van der Waals surface area (Å²) in [6.07, 6.45) is 2.96. The Morgan fingerprint density at radius 3 is 2.64 bits per heavy atom. The van der Waals surface area contributed by atoms with Gasteiger partial charge in [0, 0.05) is 36.0 Å². The first-order valence-electron chi connectivity index (χ1n) is 14.1. The van der Waals surface area contributed by atoms with E-state index in [0.717, 1.165) is 11.1 Å². The molecule has 9 nitrogen and oxygen atoms in total. The number of rotatable bonds is 11. The number of carbonyl (C=O) groups is 3. The van der Waals surface area contributed by atoms with E-state index in [-0.39, 0.29) is 47.8 Å². The second-order valence-corrected chi connectivity index (χ2v) is 11.8. The zero-order valence-corrected chi connectivity index (χ0v) is 24.5. The summed E-state index contributed by atoms with van der Waals surface area (Å²) in [5.74, 6) is -1.80. The van der Waals surface area contributed by atoms with Crippen LogP contribution in [0.25, 0.3) is 22.4 Å². The van der Waals surface area contributed by atoms with Crippen LogP contribution in [0.15, 0.2) is 60.8 Å².